The Bertz CT molecular complexity index is 538. The molecule has 2 N–H and O–H groups in total. The van der Waals surface area contributed by atoms with Crippen LogP contribution < -0.4 is 10.0 Å². The van der Waals surface area contributed by atoms with E-state index in [1.165, 1.54) is 0 Å². The van der Waals surface area contributed by atoms with Crippen LogP contribution in [0, 0.1) is 0 Å². The van der Waals surface area contributed by atoms with E-state index in [4.69, 9.17) is 4.74 Å². The molecule has 6 nitrogen and oxygen atoms in total. The van der Waals surface area contributed by atoms with Crippen LogP contribution in [0.15, 0.2) is 17.2 Å². The zero-order valence-electron chi connectivity index (χ0n) is 13.5. The predicted molar refractivity (Wildman–Crippen MR) is 83.9 cm³/mol. The highest BCUT2D eigenvalue weighted by molar-refractivity contribution is 7.89. The van der Waals surface area contributed by atoms with Crippen LogP contribution in [0.3, 0.4) is 0 Å². The predicted octanol–water partition coefficient (Wildman–Crippen LogP) is 1.49. The summed E-state index contributed by atoms with van der Waals surface area (Å²) in [5, 5.41) is 3.23. The molecule has 0 aliphatic rings. The van der Waals surface area contributed by atoms with Crippen LogP contribution in [-0.2, 0) is 21.3 Å². The minimum atomic E-state index is -3.52. The molecular formula is C14H27N3O3S. The SMILES string of the molecule is CCNCc1cc(S(=O)(=O)NC(C)COC)cn1C(C)C. The first-order valence-electron chi connectivity index (χ1n) is 7.24. The monoisotopic (exact) mass is 317 g/mol. The smallest absolute Gasteiger partial charge is 0.242 e. The van der Waals surface area contributed by atoms with Gasteiger partial charge in [0.2, 0.25) is 10.0 Å². The molecule has 0 radical (unpaired) electrons. The number of nitrogens with zero attached hydrogens (tertiary/aromatic N) is 1. The molecule has 21 heavy (non-hydrogen) atoms. The summed E-state index contributed by atoms with van der Waals surface area (Å²) in [6.45, 7) is 9.70. The zero-order chi connectivity index (χ0) is 16.0. The lowest BCUT2D eigenvalue weighted by molar-refractivity contribution is 0.180. The van der Waals surface area contributed by atoms with Crippen molar-refractivity contribution in [2.45, 2.75) is 51.2 Å². The van der Waals surface area contributed by atoms with E-state index in [9.17, 15) is 8.42 Å². The van der Waals surface area contributed by atoms with Gasteiger partial charge < -0.3 is 14.6 Å². The first-order chi connectivity index (χ1) is 9.81. The van der Waals surface area contributed by atoms with Gasteiger partial charge in [0.25, 0.3) is 0 Å². The summed E-state index contributed by atoms with van der Waals surface area (Å²) < 4.78 is 34.3. The molecule has 1 aromatic heterocycles. The molecule has 0 saturated carbocycles. The summed E-state index contributed by atoms with van der Waals surface area (Å²) in [7, 11) is -1.97. The summed E-state index contributed by atoms with van der Waals surface area (Å²) in [6, 6.07) is 1.67. The van der Waals surface area contributed by atoms with Crippen molar-refractivity contribution in [3.05, 3.63) is 18.0 Å². The van der Waals surface area contributed by atoms with Crippen molar-refractivity contribution in [2.24, 2.45) is 0 Å². The molecule has 122 valence electrons. The van der Waals surface area contributed by atoms with Gasteiger partial charge in [-0.25, -0.2) is 13.1 Å². The van der Waals surface area contributed by atoms with Crippen LogP contribution in [0.5, 0.6) is 0 Å². The second kappa shape index (κ2) is 7.93. The Morgan fingerprint density at radius 3 is 2.52 bits per heavy atom. The summed E-state index contributed by atoms with van der Waals surface area (Å²) in [4.78, 5) is 0.298. The fourth-order valence-corrected chi connectivity index (χ4v) is 3.41. The lowest BCUT2D eigenvalue weighted by Crippen LogP contribution is -2.35. The number of hydrogen-bond donors (Lipinski definition) is 2. The summed E-state index contributed by atoms with van der Waals surface area (Å²) in [5.74, 6) is 0. The van der Waals surface area contributed by atoms with Gasteiger partial charge in [0.05, 0.1) is 11.5 Å². The van der Waals surface area contributed by atoms with Gasteiger partial charge in [-0.3, -0.25) is 0 Å². The van der Waals surface area contributed by atoms with Crippen LogP contribution in [0.2, 0.25) is 0 Å². The number of sulfonamides is 1. The highest BCUT2D eigenvalue weighted by Crippen LogP contribution is 2.19. The maximum atomic E-state index is 12.4. The quantitative estimate of drug-likeness (QED) is 0.724. The normalized spacial score (nSPS) is 13.8. The maximum Gasteiger partial charge on any atom is 0.242 e. The van der Waals surface area contributed by atoms with Crippen LogP contribution in [0.4, 0.5) is 0 Å². The molecule has 1 aromatic rings. The van der Waals surface area contributed by atoms with Gasteiger partial charge in [-0.2, -0.15) is 0 Å². The third-order valence-corrected chi connectivity index (χ3v) is 4.66. The van der Waals surface area contributed by atoms with E-state index in [1.54, 1.807) is 26.3 Å². The van der Waals surface area contributed by atoms with Crippen molar-refractivity contribution < 1.29 is 13.2 Å². The van der Waals surface area contributed by atoms with E-state index in [0.29, 0.717) is 18.0 Å². The lowest BCUT2D eigenvalue weighted by atomic mass is 10.3. The molecule has 0 amide bonds. The van der Waals surface area contributed by atoms with E-state index in [2.05, 4.69) is 10.0 Å². The Morgan fingerprint density at radius 1 is 1.33 bits per heavy atom. The average Bonchev–Trinajstić information content (AvgIpc) is 2.81. The number of nitrogens with one attached hydrogen (secondary N) is 2. The fourth-order valence-electron chi connectivity index (χ4n) is 2.14. The Labute approximate surface area is 127 Å². The van der Waals surface area contributed by atoms with Gasteiger partial charge in [-0.1, -0.05) is 6.92 Å². The van der Waals surface area contributed by atoms with Crippen LogP contribution in [0.25, 0.3) is 0 Å². The lowest BCUT2D eigenvalue weighted by Gasteiger charge is -2.13. The second-order valence-electron chi connectivity index (χ2n) is 5.43. The van der Waals surface area contributed by atoms with Crippen LogP contribution in [-0.4, -0.2) is 39.3 Å². The van der Waals surface area contributed by atoms with Crippen molar-refractivity contribution in [3.8, 4) is 0 Å². The first-order valence-corrected chi connectivity index (χ1v) is 8.72. The summed E-state index contributed by atoms with van der Waals surface area (Å²) >= 11 is 0. The number of methoxy groups -OCH3 is 1. The van der Waals surface area contributed by atoms with Gasteiger partial charge in [0, 0.05) is 37.6 Å². The van der Waals surface area contributed by atoms with E-state index >= 15 is 0 Å². The van der Waals surface area contributed by atoms with E-state index < -0.39 is 10.0 Å². The molecule has 0 fully saturated rings. The first kappa shape index (κ1) is 18.2. The Morgan fingerprint density at radius 2 is 2.00 bits per heavy atom. The minimum absolute atomic E-state index is 0.207. The van der Waals surface area contributed by atoms with Crippen molar-refractivity contribution >= 4 is 10.0 Å². The number of hydrogen-bond acceptors (Lipinski definition) is 4. The highest BCUT2D eigenvalue weighted by Gasteiger charge is 2.21. The maximum absolute atomic E-state index is 12.4. The third kappa shape index (κ3) is 5.10. The van der Waals surface area contributed by atoms with Crippen LogP contribution in [0.1, 0.15) is 39.4 Å². The van der Waals surface area contributed by atoms with Crippen molar-refractivity contribution in [1.82, 2.24) is 14.6 Å². The van der Waals surface area contributed by atoms with E-state index in [1.807, 2.05) is 25.3 Å². The number of rotatable bonds is 9. The van der Waals surface area contributed by atoms with Crippen molar-refractivity contribution in [2.75, 3.05) is 20.3 Å². The molecule has 1 unspecified atom stereocenters. The molecular weight excluding hydrogens is 290 g/mol. The van der Waals surface area contributed by atoms with Crippen molar-refractivity contribution in [1.29, 1.82) is 0 Å². The van der Waals surface area contributed by atoms with Crippen LogP contribution >= 0.6 is 0 Å². The van der Waals surface area contributed by atoms with Gasteiger partial charge in [0.1, 0.15) is 0 Å². The van der Waals surface area contributed by atoms with Gasteiger partial charge >= 0.3 is 0 Å². The molecule has 0 aliphatic heterocycles. The molecule has 0 aromatic carbocycles. The average molecular weight is 317 g/mol. The highest BCUT2D eigenvalue weighted by atomic mass is 32.2. The largest absolute Gasteiger partial charge is 0.383 e. The number of aromatic nitrogens is 1. The van der Waals surface area contributed by atoms with Gasteiger partial charge in [-0.05, 0) is 33.4 Å². The standard InChI is InChI=1S/C14H27N3O3S/c1-6-15-8-13-7-14(9-17(13)11(2)3)21(18,19)16-12(4)10-20-5/h7,9,11-12,15-16H,6,8,10H2,1-5H3. The zero-order valence-corrected chi connectivity index (χ0v) is 14.3. The minimum Gasteiger partial charge on any atom is -0.383 e. The van der Waals surface area contributed by atoms with Gasteiger partial charge in [0.15, 0.2) is 0 Å². The fraction of sp³-hybridized carbons (Fsp3) is 0.714. The molecule has 1 rings (SSSR count). The molecule has 1 atom stereocenters. The topological polar surface area (TPSA) is 72.4 Å². The summed E-state index contributed by atoms with van der Waals surface area (Å²) in [5.41, 5.74) is 0.964. The molecule has 0 saturated heterocycles. The van der Waals surface area contributed by atoms with E-state index in [0.717, 1.165) is 12.2 Å². The number of ether oxygens (including phenoxy) is 1. The molecule has 0 spiro atoms. The van der Waals surface area contributed by atoms with Gasteiger partial charge in [-0.15, -0.1) is 0 Å². The van der Waals surface area contributed by atoms with Crippen molar-refractivity contribution in [3.63, 3.8) is 0 Å². The molecule has 7 heteroatoms. The summed E-state index contributed by atoms with van der Waals surface area (Å²) in [6.07, 6.45) is 1.69. The Kier molecular flexibility index (Phi) is 6.86. The molecule has 1 heterocycles. The molecule has 0 bridgehead atoms. The molecule has 0 aliphatic carbocycles. The van der Waals surface area contributed by atoms with E-state index in [-0.39, 0.29) is 12.1 Å². The second-order valence-corrected chi connectivity index (χ2v) is 7.14. The Balaban J connectivity index is 3.01. The Hall–Kier alpha value is -0.890. The third-order valence-electron chi connectivity index (χ3n) is 3.10.